The zero-order valence-corrected chi connectivity index (χ0v) is 15.5. The van der Waals surface area contributed by atoms with Gasteiger partial charge in [0.15, 0.2) is 0 Å². The highest BCUT2D eigenvalue weighted by Crippen LogP contribution is 2.28. The first-order chi connectivity index (χ1) is 12.3. The van der Waals surface area contributed by atoms with E-state index in [4.69, 9.17) is 5.73 Å². The van der Waals surface area contributed by atoms with Crippen molar-refractivity contribution in [3.05, 3.63) is 61.9 Å². The molecule has 4 N–H and O–H groups in total. The molecule has 26 heavy (non-hydrogen) atoms. The lowest BCUT2D eigenvalue weighted by molar-refractivity contribution is 0.102. The van der Waals surface area contributed by atoms with Crippen molar-refractivity contribution < 1.29 is 4.79 Å². The Morgan fingerprint density at radius 3 is 2.65 bits per heavy atom. The first-order valence-corrected chi connectivity index (χ1v) is 8.88. The molecule has 1 heterocycles. The number of aromatic amines is 1. The number of amides is 1. The molecular formula is C21H25N3O2. The number of pyridine rings is 1. The number of hydrogen-bond donors (Lipinski definition) is 3. The van der Waals surface area contributed by atoms with Crippen molar-refractivity contribution in [1.82, 2.24) is 4.98 Å². The van der Waals surface area contributed by atoms with Gasteiger partial charge in [-0.15, -0.1) is 0 Å². The van der Waals surface area contributed by atoms with Crippen LogP contribution < -0.4 is 27.0 Å². The van der Waals surface area contributed by atoms with Crippen molar-refractivity contribution in [2.45, 2.75) is 45.6 Å². The molecule has 5 heteroatoms. The molecule has 0 aliphatic heterocycles. The van der Waals surface area contributed by atoms with Gasteiger partial charge in [0.25, 0.3) is 5.91 Å². The Morgan fingerprint density at radius 1 is 1.23 bits per heavy atom. The molecule has 1 aromatic carbocycles. The van der Waals surface area contributed by atoms with Gasteiger partial charge < -0.3 is 16.0 Å². The lowest BCUT2D eigenvalue weighted by Crippen LogP contribution is -2.45. The third kappa shape index (κ3) is 3.48. The van der Waals surface area contributed by atoms with Crippen LogP contribution in [0, 0.1) is 0 Å². The Hall–Kier alpha value is -2.66. The summed E-state index contributed by atoms with van der Waals surface area (Å²) < 4.78 is 0. The number of carbonyl (C=O) groups excluding carboxylic acids is 1. The summed E-state index contributed by atoms with van der Waals surface area (Å²) in [5.41, 5.74) is 8.50. The molecule has 0 fully saturated rings. The molecular weight excluding hydrogens is 326 g/mol. The van der Waals surface area contributed by atoms with Gasteiger partial charge in [-0.05, 0) is 41.5 Å². The largest absolute Gasteiger partial charge is 0.360 e. The minimum atomic E-state index is -0.417. The number of H-pyrrole nitrogens is 1. The topological polar surface area (TPSA) is 88.0 Å². The summed E-state index contributed by atoms with van der Waals surface area (Å²) >= 11 is 0. The van der Waals surface area contributed by atoms with Crippen molar-refractivity contribution in [2.75, 3.05) is 5.32 Å². The highest BCUT2D eigenvalue weighted by molar-refractivity contribution is 6.04. The number of carbonyl (C=O) groups is 1. The van der Waals surface area contributed by atoms with E-state index >= 15 is 0 Å². The van der Waals surface area contributed by atoms with E-state index < -0.39 is 5.91 Å². The van der Waals surface area contributed by atoms with Gasteiger partial charge in [-0.1, -0.05) is 39.0 Å². The monoisotopic (exact) mass is 351 g/mol. The van der Waals surface area contributed by atoms with E-state index in [1.165, 1.54) is 6.20 Å². The van der Waals surface area contributed by atoms with Gasteiger partial charge >= 0.3 is 0 Å². The maximum Gasteiger partial charge on any atom is 0.261 e. The fourth-order valence-electron chi connectivity index (χ4n) is 3.33. The van der Waals surface area contributed by atoms with Crippen LogP contribution in [-0.4, -0.2) is 10.9 Å². The second kappa shape index (κ2) is 6.92. The van der Waals surface area contributed by atoms with Crippen LogP contribution in [0.15, 0.2) is 29.2 Å². The summed E-state index contributed by atoms with van der Waals surface area (Å²) in [5.74, 6) is -0.417. The average Bonchev–Trinajstić information content (AvgIpc) is 2.61. The average molecular weight is 351 g/mol. The van der Waals surface area contributed by atoms with Crippen LogP contribution in [0.1, 0.15) is 55.1 Å². The van der Waals surface area contributed by atoms with Crippen LogP contribution in [0.25, 0.3) is 12.2 Å². The number of nitrogens with one attached hydrogen (secondary N) is 2. The lowest BCUT2D eigenvalue weighted by Gasteiger charge is -2.23. The first kappa shape index (κ1) is 18.1. The Bertz CT molecular complexity index is 1030. The standard InChI is InChI=1S/C21H25N3O2/c1-21(2,3)17-9-8-14(10-13(17)11-22)24-20(26)16-12-23-18-7-5-4-6-15(18)19(16)25/h6-10,12,23H,4-5,11,22H2,1-3H3,(H,24,26). The fourth-order valence-corrected chi connectivity index (χ4v) is 3.33. The molecule has 0 radical (unpaired) electrons. The summed E-state index contributed by atoms with van der Waals surface area (Å²) in [4.78, 5) is 28.3. The van der Waals surface area contributed by atoms with E-state index in [1.54, 1.807) is 0 Å². The van der Waals surface area contributed by atoms with Crippen molar-refractivity contribution in [3.8, 4) is 0 Å². The Morgan fingerprint density at radius 2 is 1.96 bits per heavy atom. The molecule has 136 valence electrons. The highest BCUT2D eigenvalue weighted by Gasteiger charge is 2.18. The van der Waals surface area contributed by atoms with Crippen LogP contribution >= 0.6 is 0 Å². The van der Waals surface area contributed by atoms with Gasteiger partial charge in [-0.3, -0.25) is 9.59 Å². The Balaban J connectivity index is 1.93. The van der Waals surface area contributed by atoms with Crippen LogP contribution in [0.2, 0.25) is 0 Å². The third-order valence-corrected chi connectivity index (χ3v) is 4.65. The number of benzene rings is 1. The van der Waals surface area contributed by atoms with E-state index in [0.29, 0.717) is 17.5 Å². The van der Waals surface area contributed by atoms with E-state index in [9.17, 15) is 9.59 Å². The smallest absolute Gasteiger partial charge is 0.261 e. The summed E-state index contributed by atoms with van der Waals surface area (Å²) in [6.07, 6.45) is 7.07. The molecule has 2 aromatic rings. The highest BCUT2D eigenvalue weighted by atomic mass is 16.2. The van der Waals surface area contributed by atoms with Crippen LogP contribution in [0.4, 0.5) is 5.69 Å². The quantitative estimate of drug-likeness (QED) is 0.787. The SMILES string of the molecule is CC(C)(C)c1ccc(NC(=O)c2c[nH]c3c(c2=O)=CCCC=3)cc1CN. The Labute approximate surface area is 152 Å². The number of fused-ring (bicyclic) bond motifs is 1. The fraction of sp³-hybridized carbons (Fsp3) is 0.333. The zero-order chi connectivity index (χ0) is 18.9. The van der Waals surface area contributed by atoms with Gasteiger partial charge in [0.1, 0.15) is 5.56 Å². The van der Waals surface area contributed by atoms with E-state index in [2.05, 4.69) is 31.1 Å². The molecule has 3 rings (SSSR count). The third-order valence-electron chi connectivity index (χ3n) is 4.65. The molecule has 0 bridgehead atoms. The predicted molar refractivity (Wildman–Crippen MR) is 105 cm³/mol. The van der Waals surface area contributed by atoms with Crippen LogP contribution in [0.5, 0.6) is 0 Å². The normalized spacial score (nSPS) is 13.4. The summed E-state index contributed by atoms with van der Waals surface area (Å²) in [7, 11) is 0. The molecule has 0 atom stereocenters. The van der Waals surface area contributed by atoms with Crippen molar-refractivity contribution in [2.24, 2.45) is 5.73 Å². The van der Waals surface area contributed by atoms with Crippen molar-refractivity contribution in [3.63, 3.8) is 0 Å². The number of hydrogen-bond acceptors (Lipinski definition) is 3. The van der Waals surface area contributed by atoms with E-state index in [-0.39, 0.29) is 16.4 Å². The van der Waals surface area contributed by atoms with Crippen molar-refractivity contribution >= 4 is 23.7 Å². The van der Waals surface area contributed by atoms with Gasteiger partial charge in [-0.2, -0.15) is 0 Å². The molecule has 0 spiro atoms. The van der Waals surface area contributed by atoms with Gasteiger partial charge in [0.2, 0.25) is 5.43 Å². The summed E-state index contributed by atoms with van der Waals surface area (Å²) in [6, 6.07) is 5.72. The second-order valence-electron chi connectivity index (χ2n) is 7.62. The second-order valence-corrected chi connectivity index (χ2v) is 7.62. The minimum absolute atomic E-state index is 0.0286. The summed E-state index contributed by atoms with van der Waals surface area (Å²) in [5, 5.41) is 4.19. The molecule has 0 saturated carbocycles. The molecule has 0 saturated heterocycles. The molecule has 1 aromatic heterocycles. The number of nitrogens with two attached hydrogens (primary N) is 1. The molecule has 1 aliphatic rings. The van der Waals surface area contributed by atoms with Gasteiger partial charge in [-0.25, -0.2) is 0 Å². The van der Waals surface area contributed by atoms with E-state index in [0.717, 1.165) is 29.3 Å². The zero-order valence-electron chi connectivity index (χ0n) is 15.5. The summed E-state index contributed by atoms with van der Waals surface area (Å²) in [6.45, 7) is 6.76. The van der Waals surface area contributed by atoms with E-state index in [1.807, 2.05) is 30.4 Å². The van der Waals surface area contributed by atoms with Crippen molar-refractivity contribution in [1.29, 1.82) is 0 Å². The maximum atomic E-state index is 12.6. The molecule has 0 unspecified atom stereocenters. The molecule has 1 amide bonds. The van der Waals surface area contributed by atoms with Crippen LogP contribution in [0.3, 0.4) is 0 Å². The maximum absolute atomic E-state index is 12.6. The lowest BCUT2D eigenvalue weighted by atomic mass is 9.83. The number of anilines is 1. The molecule has 5 nitrogen and oxygen atoms in total. The number of aromatic nitrogens is 1. The number of rotatable bonds is 3. The first-order valence-electron chi connectivity index (χ1n) is 8.88. The minimum Gasteiger partial charge on any atom is -0.360 e. The van der Waals surface area contributed by atoms with Crippen LogP contribution in [-0.2, 0) is 12.0 Å². The molecule has 1 aliphatic carbocycles. The van der Waals surface area contributed by atoms with Gasteiger partial charge in [0, 0.05) is 29.0 Å². The Kier molecular flexibility index (Phi) is 4.83. The predicted octanol–water partition coefficient (Wildman–Crippen LogP) is 1.74. The van der Waals surface area contributed by atoms with Gasteiger partial charge in [0.05, 0.1) is 0 Å².